The topological polar surface area (TPSA) is 50.1 Å². The fourth-order valence-corrected chi connectivity index (χ4v) is 4.06. The SMILES string of the molecule is Oc1ccc(Cl)c(Cl)c1C1Cc2cn([C@@H]3CCNC3)nc2C1. The molecule has 2 aliphatic rings. The number of benzene rings is 1. The number of nitrogens with zero attached hydrogens (tertiary/aromatic N) is 2. The first-order valence-corrected chi connectivity index (χ1v) is 8.33. The number of nitrogens with one attached hydrogen (secondary N) is 1. The Balaban J connectivity index is 1.60. The summed E-state index contributed by atoms with van der Waals surface area (Å²) in [6.07, 6.45) is 4.94. The van der Waals surface area contributed by atoms with Crippen LogP contribution >= 0.6 is 23.2 Å². The molecule has 0 amide bonds. The molecular weight excluding hydrogens is 321 g/mol. The van der Waals surface area contributed by atoms with Gasteiger partial charge < -0.3 is 10.4 Å². The van der Waals surface area contributed by atoms with E-state index in [1.807, 2.05) is 0 Å². The highest BCUT2D eigenvalue weighted by Gasteiger charge is 2.31. The van der Waals surface area contributed by atoms with Crippen LogP contribution in [0, 0.1) is 0 Å². The summed E-state index contributed by atoms with van der Waals surface area (Å²) >= 11 is 12.4. The second kappa shape index (κ2) is 5.44. The van der Waals surface area contributed by atoms with Gasteiger partial charge in [0.05, 0.1) is 21.8 Å². The highest BCUT2D eigenvalue weighted by Crippen LogP contribution is 2.43. The fourth-order valence-electron chi connectivity index (χ4n) is 3.58. The van der Waals surface area contributed by atoms with Crippen LogP contribution in [0.5, 0.6) is 5.75 Å². The van der Waals surface area contributed by atoms with Crippen molar-refractivity contribution in [3.8, 4) is 5.75 Å². The number of halogens is 2. The van der Waals surface area contributed by atoms with E-state index in [0.717, 1.165) is 43.6 Å². The van der Waals surface area contributed by atoms with Crippen molar-refractivity contribution in [2.75, 3.05) is 13.1 Å². The van der Waals surface area contributed by atoms with E-state index < -0.39 is 0 Å². The van der Waals surface area contributed by atoms with Gasteiger partial charge in [0.1, 0.15) is 5.75 Å². The maximum Gasteiger partial charge on any atom is 0.120 e. The molecule has 1 aromatic heterocycles. The normalized spacial score (nSPS) is 23.9. The van der Waals surface area contributed by atoms with Gasteiger partial charge in [0.25, 0.3) is 0 Å². The largest absolute Gasteiger partial charge is 0.508 e. The highest BCUT2D eigenvalue weighted by atomic mass is 35.5. The zero-order valence-corrected chi connectivity index (χ0v) is 13.5. The molecule has 0 bridgehead atoms. The van der Waals surface area contributed by atoms with Gasteiger partial charge in [0.15, 0.2) is 0 Å². The maximum atomic E-state index is 10.1. The van der Waals surface area contributed by atoms with E-state index >= 15 is 0 Å². The molecule has 2 heterocycles. The third-order valence-electron chi connectivity index (χ3n) is 4.73. The van der Waals surface area contributed by atoms with Crippen LogP contribution < -0.4 is 5.32 Å². The molecule has 1 aromatic carbocycles. The molecule has 4 nitrogen and oxygen atoms in total. The van der Waals surface area contributed by atoms with Crippen molar-refractivity contribution < 1.29 is 5.11 Å². The lowest BCUT2D eigenvalue weighted by Crippen LogP contribution is -2.14. The van der Waals surface area contributed by atoms with E-state index in [4.69, 9.17) is 28.3 Å². The van der Waals surface area contributed by atoms with E-state index in [0.29, 0.717) is 16.1 Å². The Hall–Kier alpha value is -1.23. The number of hydrogen-bond acceptors (Lipinski definition) is 3. The van der Waals surface area contributed by atoms with E-state index in [9.17, 15) is 5.11 Å². The molecule has 2 aromatic rings. The number of aromatic nitrogens is 2. The Morgan fingerprint density at radius 1 is 1.27 bits per heavy atom. The molecule has 0 spiro atoms. The fraction of sp³-hybridized carbons (Fsp3) is 0.438. The van der Waals surface area contributed by atoms with Crippen molar-refractivity contribution in [1.82, 2.24) is 15.1 Å². The summed E-state index contributed by atoms with van der Waals surface area (Å²) in [6, 6.07) is 3.71. The first-order chi connectivity index (χ1) is 10.6. The Morgan fingerprint density at radius 3 is 2.86 bits per heavy atom. The summed E-state index contributed by atoms with van der Waals surface area (Å²) in [5.74, 6) is 0.373. The molecule has 6 heteroatoms. The van der Waals surface area contributed by atoms with E-state index in [-0.39, 0.29) is 11.7 Å². The standard InChI is InChI=1S/C16H17Cl2N3O/c17-12-1-2-14(22)15(16(12)18)9-5-10-8-21(20-13(10)6-9)11-3-4-19-7-11/h1-2,8-9,11,19,22H,3-7H2/t9?,11-/m1/s1. The summed E-state index contributed by atoms with van der Waals surface area (Å²) in [7, 11) is 0. The smallest absolute Gasteiger partial charge is 0.120 e. The molecule has 0 radical (unpaired) electrons. The molecule has 1 unspecified atom stereocenters. The van der Waals surface area contributed by atoms with E-state index in [1.54, 1.807) is 12.1 Å². The molecule has 1 fully saturated rings. The van der Waals surface area contributed by atoms with Gasteiger partial charge in [-0.1, -0.05) is 23.2 Å². The Morgan fingerprint density at radius 2 is 2.14 bits per heavy atom. The number of phenolic OH excluding ortho intramolecular Hbond substituents is 1. The minimum absolute atomic E-state index is 0.153. The molecule has 22 heavy (non-hydrogen) atoms. The van der Waals surface area contributed by atoms with Crippen molar-refractivity contribution in [2.24, 2.45) is 0 Å². The van der Waals surface area contributed by atoms with Gasteiger partial charge in [0.2, 0.25) is 0 Å². The van der Waals surface area contributed by atoms with Gasteiger partial charge in [-0.05, 0) is 49.4 Å². The second-order valence-electron chi connectivity index (χ2n) is 6.13. The molecule has 2 atom stereocenters. The van der Waals surface area contributed by atoms with Gasteiger partial charge in [0, 0.05) is 18.3 Å². The molecule has 0 saturated carbocycles. The predicted molar refractivity (Wildman–Crippen MR) is 87.0 cm³/mol. The minimum Gasteiger partial charge on any atom is -0.508 e. The molecule has 1 aliphatic heterocycles. The predicted octanol–water partition coefficient (Wildman–Crippen LogP) is 3.31. The number of phenols is 1. The zero-order valence-electron chi connectivity index (χ0n) is 12.0. The van der Waals surface area contributed by atoms with Gasteiger partial charge in [-0.15, -0.1) is 0 Å². The first-order valence-electron chi connectivity index (χ1n) is 7.58. The minimum atomic E-state index is 0.153. The van der Waals surface area contributed by atoms with Crippen LogP contribution in [0.1, 0.15) is 35.2 Å². The number of rotatable bonds is 2. The van der Waals surface area contributed by atoms with Crippen molar-refractivity contribution in [1.29, 1.82) is 0 Å². The van der Waals surface area contributed by atoms with Crippen molar-refractivity contribution in [2.45, 2.75) is 31.2 Å². The average molecular weight is 338 g/mol. The van der Waals surface area contributed by atoms with Gasteiger partial charge in [-0.2, -0.15) is 5.10 Å². The Kier molecular flexibility index (Phi) is 3.56. The van der Waals surface area contributed by atoms with E-state index in [1.165, 1.54) is 5.56 Å². The molecule has 4 rings (SSSR count). The average Bonchev–Trinajstić information content (AvgIpc) is 3.17. The van der Waals surface area contributed by atoms with Crippen molar-refractivity contribution >= 4 is 23.2 Å². The summed E-state index contributed by atoms with van der Waals surface area (Å²) in [5, 5.41) is 19.2. The van der Waals surface area contributed by atoms with Crippen LogP contribution in [0.3, 0.4) is 0 Å². The van der Waals surface area contributed by atoms with Crippen molar-refractivity contribution in [3.05, 3.63) is 45.2 Å². The quantitative estimate of drug-likeness (QED) is 0.883. The van der Waals surface area contributed by atoms with Crippen LogP contribution in [0.4, 0.5) is 0 Å². The number of aromatic hydroxyl groups is 1. The number of fused-ring (bicyclic) bond motifs is 1. The van der Waals surface area contributed by atoms with Gasteiger partial charge in [-0.3, -0.25) is 4.68 Å². The lowest BCUT2D eigenvalue weighted by atomic mass is 9.95. The molecule has 2 N–H and O–H groups in total. The number of hydrogen-bond donors (Lipinski definition) is 2. The summed E-state index contributed by atoms with van der Waals surface area (Å²) in [4.78, 5) is 0. The molecule has 1 saturated heterocycles. The Bertz CT molecular complexity index is 699. The van der Waals surface area contributed by atoms with Crippen molar-refractivity contribution in [3.63, 3.8) is 0 Å². The lowest BCUT2D eigenvalue weighted by Gasteiger charge is -2.15. The maximum absolute atomic E-state index is 10.1. The Labute approximate surface area is 139 Å². The highest BCUT2D eigenvalue weighted by molar-refractivity contribution is 6.42. The zero-order chi connectivity index (χ0) is 15.3. The molecule has 1 aliphatic carbocycles. The van der Waals surface area contributed by atoms with Crippen LogP contribution in [0.15, 0.2) is 18.3 Å². The van der Waals surface area contributed by atoms with Crippen LogP contribution in [0.2, 0.25) is 10.0 Å². The third kappa shape index (κ3) is 2.30. The van der Waals surface area contributed by atoms with Crippen LogP contribution in [-0.2, 0) is 12.8 Å². The summed E-state index contributed by atoms with van der Waals surface area (Å²) in [5.41, 5.74) is 3.13. The monoisotopic (exact) mass is 337 g/mol. The first kappa shape index (κ1) is 14.4. The second-order valence-corrected chi connectivity index (χ2v) is 6.91. The van der Waals surface area contributed by atoms with E-state index in [2.05, 4.69) is 16.2 Å². The molecular formula is C16H17Cl2N3O. The van der Waals surface area contributed by atoms with Crippen LogP contribution in [0.25, 0.3) is 0 Å². The van der Waals surface area contributed by atoms with Gasteiger partial charge in [-0.25, -0.2) is 0 Å². The third-order valence-corrected chi connectivity index (χ3v) is 5.55. The summed E-state index contributed by atoms with van der Waals surface area (Å²) in [6.45, 7) is 2.05. The van der Waals surface area contributed by atoms with Crippen LogP contribution in [-0.4, -0.2) is 28.0 Å². The van der Waals surface area contributed by atoms with Gasteiger partial charge >= 0.3 is 0 Å². The summed E-state index contributed by atoms with van der Waals surface area (Å²) < 4.78 is 2.10. The lowest BCUT2D eigenvalue weighted by molar-refractivity contribution is 0.458. The molecule has 116 valence electrons.